The van der Waals surface area contributed by atoms with E-state index >= 15 is 0 Å². The van der Waals surface area contributed by atoms with Gasteiger partial charge in [-0.1, -0.05) is 63.5 Å². The quantitative estimate of drug-likeness (QED) is 0.0822. The largest absolute Gasteiger partial charge is 4.00 e. The van der Waals surface area contributed by atoms with E-state index in [1.165, 1.54) is 0 Å². The fraction of sp³-hybridized carbons (Fsp3) is 0.0222. The van der Waals surface area contributed by atoms with Crippen LogP contribution in [0.1, 0.15) is 0 Å². The Morgan fingerprint density at radius 2 is 1.35 bits per heavy atom. The first-order valence-corrected chi connectivity index (χ1v) is 16.2. The summed E-state index contributed by atoms with van der Waals surface area (Å²) >= 11 is 0. The number of rotatable bonds is 9. The number of ether oxygens (including phenoxy) is 3. The molecule has 1 aliphatic rings. The summed E-state index contributed by atoms with van der Waals surface area (Å²) < 4.78 is 23.4. The van der Waals surface area contributed by atoms with E-state index < -0.39 is 0 Å². The molecule has 0 unspecified atom stereocenters. The Morgan fingerprint density at radius 1 is 0.667 bits per heavy atom. The number of para-hydroxylation sites is 1. The average Bonchev–Trinajstić information content (AvgIpc) is 3.89. The van der Waals surface area contributed by atoms with Crippen LogP contribution in [0.5, 0.6) is 34.5 Å². The summed E-state index contributed by atoms with van der Waals surface area (Å²) in [6, 6.07) is 59.4. The number of hydrogen-bond acceptors (Lipinski definition) is 4. The van der Waals surface area contributed by atoms with E-state index in [2.05, 4.69) is 47.4 Å². The van der Waals surface area contributed by atoms with Crippen LogP contribution in [0.4, 0.5) is 5.69 Å². The summed E-state index contributed by atoms with van der Waals surface area (Å²) in [5.41, 5.74) is 3.94. The molecule has 5 aromatic carbocycles. The molecule has 0 fully saturated rings. The molecule has 0 bridgehead atoms. The molecule has 3 heterocycles. The Morgan fingerprint density at radius 3 is 2.06 bits per heavy atom. The van der Waals surface area contributed by atoms with Gasteiger partial charge in [-0.2, -0.15) is 24.3 Å². The number of hydrogen-bond donors (Lipinski definition) is 0. The third kappa shape index (κ3) is 10.5. The molecule has 1 aliphatic heterocycles. The molecule has 2 aromatic heterocycles. The van der Waals surface area contributed by atoms with E-state index in [0.29, 0.717) is 28.7 Å². The van der Waals surface area contributed by atoms with Gasteiger partial charge in [0.05, 0.1) is 0 Å². The van der Waals surface area contributed by atoms with Gasteiger partial charge in [-0.3, -0.25) is 11.1 Å². The van der Waals surface area contributed by atoms with Crippen molar-refractivity contribution < 1.29 is 65.5 Å². The molecule has 54 heavy (non-hydrogen) atoms. The van der Waals surface area contributed by atoms with Gasteiger partial charge in [0.2, 0.25) is 6.20 Å². The fourth-order valence-electron chi connectivity index (χ4n) is 5.00. The van der Waals surface area contributed by atoms with Gasteiger partial charge in [-0.05, 0) is 24.3 Å². The third-order valence-electron chi connectivity index (χ3n) is 7.42. The summed E-state index contributed by atoms with van der Waals surface area (Å²) in [5, 5.41) is 0. The Labute approximate surface area is 343 Å². The minimum atomic E-state index is 0. The number of nitrogens with zero attached hydrogens (tertiary/aromatic N) is 4. The number of benzene rings is 5. The van der Waals surface area contributed by atoms with Crippen LogP contribution in [0.3, 0.4) is 0 Å². The Kier molecular flexibility index (Phi) is 13.9. The van der Waals surface area contributed by atoms with Gasteiger partial charge in [0.15, 0.2) is 7.05 Å². The van der Waals surface area contributed by atoms with Crippen molar-refractivity contribution >= 4 is 11.7 Å². The molecule has 7 nitrogen and oxygen atoms in total. The smallest absolute Gasteiger partial charge is 0.669 e. The van der Waals surface area contributed by atoms with Crippen molar-refractivity contribution in [3.8, 4) is 62.9 Å². The molecule has 0 atom stereocenters. The molecule has 7 aromatic rings. The molecule has 0 spiro atoms. The van der Waals surface area contributed by atoms with E-state index in [1.54, 1.807) is 35.3 Å². The molecule has 0 N–H and O–H groups in total. The van der Waals surface area contributed by atoms with Crippen molar-refractivity contribution in [2.24, 2.45) is 0 Å². The van der Waals surface area contributed by atoms with Gasteiger partial charge in [-0.15, -0.1) is 48.0 Å². The Hall–Kier alpha value is -6.01. The van der Waals surface area contributed by atoms with E-state index in [1.807, 2.05) is 138 Å². The monoisotopic (exact) mass is 1060 g/mol. The first-order chi connectivity index (χ1) is 25.6. The first kappa shape index (κ1) is 39.2. The molecule has 0 radical (unpaired) electrons. The molecule has 0 amide bonds. The summed E-state index contributed by atoms with van der Waals surface area (Å²) in [6.45, 7) is 0. The fourth-order valence-corrected chi connectivity index (χ4v) is 5.00. The maximum absolute atomic E-state index is 6.57. The zero-order chi connectivity index (χ0) is 35.5. The summed E-state index contributed by atoms with van der Waals surface area (Å²) in [5.74, 6) is 3.58. The zero-order valence-corrected chi connectivity index (χ0v) is 33.1. The molecular weight excluding hydrogens is 1030 g/mol. The zero-order valence-electron chi connectivity index (χ0n) is 28.6. The second kappa shape index (κ2) is 19.2. The van der Waals surface area contributed by atoms with Gasteiger partial charge in [-0.25, -0.2) is 24.2 Å². The topological polar surface area (TPSA) is 51.5 Å². The normalized spacial score (nSPS) is 11.0. The van der Waals surface area contributed by atoms with Gasteiger partial charge >= 0.3 is 48.1 Å². The Bertz CT molecular complexity index is 2470. The van der Waals surface area contributed by atoms with Crippen molar-refractivity contribution in [2.45, 2.75) is 0 Å². The van der Waals surface area contributed by atoms with Crippen LogP contribution in [0.15, 0.2) is 152 Å². The van der Waals surface area contributed by atoms with Crippen molar-refractivity contribution in [1.29, 1.82) is 0 Å². The molecule has 0 saturated heterocycles. The molecule has 0 saturated carbocycles. The van der Waals surface area contributed by atoms with Gasteiger partial charge in [0.25, 0.3) is 6.20 Å². The van der Waals surface area contributed by atoms with Gasteiger partial charge in [0, 0.05) is 41.1 Å². The second-order valence-electron chi connectivity index (χ2n) is 11.2. The van der Waals surface area contributed by atoms with E-state index in [0.717, 1.165) is 33.8 Å². The third-order valence-corrected chi connectivity index (χ3v) is 7.42. The maximum atomic E-state index is 6.57. The second-order valence-corrected chi connectivity index (χ2v) is 11.2. The number of pyridine rings is 1. The SMILES string of the molecule is C[N+]1=C=[N+](c2[c-]c(Oc3[c-]c(-c4cc(-c5[c-]c(Oc6[c-]ccc(Oc7ccccc7)c6)ccc5)[c-]cn4)ccc3)ccc2)C=C1.[C-]#Cn1cccc1.[Pt+2].[Pt+4]. The van der Waals surface area contributed by atoms with Crippen LogP contribution in [0.2, 0.25) is 0 Å². The van der Waals surface area contributed by atoms with Crippen LogP contribution in [0, 0.1) is 42.8 Å². The van der Waals surface area contributed by atoms with Crippen molar-refractivity contribution in [1.82, 2.24) is 9.55 Å². The van der Waals surface area contributed by atoms with Gasteiger partial charge in [0.1, 0.15) is 11.4 Å². The predicted molar refractivity (Wildman–Crippen MR) is 196 cm³/mol. The average molecular weight is 1060 g/mol. The first-order valence-electron chi connectivity index (χ1n) is 16.2. The van der Waals surface area contributed by atoms with Crippen LogP contribution in [-0.4, -0.2) is 31.8 Å². The van der Waals surface area contributed by atoms with Crippen LogP contribution >= 0.6 is 0 Å². The molecular formula is C45H28N4O3Pt2+2. The molecule has 9 heteroatoms. The van der Waals surface area contributed by atoms with Crippen LogP contribution in [0.25, 0.3) is 22.4 Å². The van der Waals surface area contributed by atoms with E-state index in [-0.39, 0.29) is 42.1 Å². The maximum Gasteiger partial charge on any atom is 4.00 e. The standard InChI is InChI=1S/C39H24N3O3.C6H4N.2Pt/c1-41-21-22-42(28-41)32-11-7-16-36(26-32)44-35-15-6-10-31(24-35)39-25-30(19-20-40-39)29-9-5-14-34(23-29)45-38-18-8-17-37(27-38)43-33-12-3-2-4-13-33;1-2-7-5-3-4-6-7;;/h2-17,20-22,25,27H,1H3;3-6H;;/q-3;-1;+2;+4. The Balaban J connectivity index is 0.000000562. The minimum Gasteiger partial charge on any atom is -0.669 e. The van der Waals surface area contributed by atoms with E-state index in [4.69, 9.17) is 20.6 Å². The van der Waals surface area contributed by atoms with Crippen molar-refractivity contribution in [3.05, 3.63) is 189 Å². The van der Waals surface area contributed by atoms with Crippen LogP contribution < -0.4 is 14.2 Å². The summed E-state index contributed by atoms with van der Waals surface area (Å²) in [7, 11) is 1.92. The number of aromatic nitrogens is 2. The van der Waals surface area contributed by atoms with Crippen molar-refractivity contribution in [3.63, 3.8) is 0 Å². The van der Waals surface area contributed by atoms with Gasteiger partial charge < -0.3 is 30.2 Å². The molecule has 0 aliphatic carbocycles. The molecule has 8 rings (SSSR count). The summed E-state index contributed by atoms with van der Waals surface area (Å²) in [6.07, 6.45) is 15.6. The van der Waals surface area contributed by atoms with E-state index in [9.17, 15) is 0 Å². The van der Waals surface area contributed by atoms with Crippen LogP contribution in [-0.2, 0) is 42.1 Å². The molecule has 264 valence electrons. The predicted octanol–water partition coefficient (Wildman–Crippen LogP) is 9.62. The summed E-state index contributed by atoms with van der Waals surface area (Å²) in [4.78, 5) is 4.55. The minimum absolute atomic E-state index is 0. The van der Waals surface area contributed by atoms with Crippen molar-refractivity contribution in [2.75, 3.05) is 7.05 Å².